The molecule has 0 aliphatic carbocycles. The highest BCUT2D eigenvalue weighted by Crippen LogP contribution is 2.36. The number of aryl methyl sites for hydroxylation is 1. The third kappa shape index (κ3) is 2.97. The lowest BCUT2D eigenvalue weighted by atomic mass is 10.1. The molecule has 7 nitrogen and oxygen atoms in total. The molecule has 0 spiro atoms. The summed E-state index contributed by atoms with van der Waals surface area (Å²) in [5, 5.41) is 4.11. The second kappa shape index (κ2) is 6.68. The number of methoxy groups -OCH3 is 1. The molecule has 0 saturated heterocycles. The molecule has 0 bridgehead atoms. The third-order valence-corrected chi connectivity index (χ3v) is 4.59. The average Bonchev–Trinajstić information content (AvgIpc) is 3.25. The van der Waals surface area contributed by atoms with Crippen LogP contribution in [-0.4, -0.2) is 31.3 Å². The normalized spacial score (nSPS) is 11.0. The van der Waals surface area contributed by atoms with Crippen LogP contribution in [0.1, 0.15) is 0 Å². The van der Waals surface area contributed by atoms with Gasteiger partial charge in [0.25, 0.3) is 0 Å². The van der Waals surface area contributed by atoms with Gasteiger partial charge in [0.15, 0.2) is 17.2 Å². The minimum Gasteiger partial charge on any atom is -0.492 e. The number of halogens is 1. The van der Waals surface area contributed by atoms with Crippen molar-refractivity contribution in [2.75, 3.05) is 11.8 Å². The van der Waals surface area contributed by atoms with Gasteiger partial charge in [0, 0.05) is 31.2 Å². The van der Waals surface area contributed by atoms with Gasteiger partial charge in [-0.25, -0.2) is 9.37 Å². The van der Waals surface area contributed by atoms with E-state index in [1.165, 1.54) is 25.1 Å². The van der Waals surface area contributed by atoms with Gasteiger partial charge in [-0.3, -0.25) is 14.1 Å². The van der Waals surface area contributed by atoms with E-state index in [0.717, 1.165) is 10.6 Å². The zero-order chi connectivity index (χ0) is 18.1. The monoisotopic (exact) mass is 370 g/mol. The molecule has 4 rings (SSSR count). The molecule has 0 fully saturated rings. The van der Waals surface area contributed by atoms with Crippen molar-refractivity contribution in [2.24, 2.45) is 7.05 Å². The first-order valence-corrected chi connectivity index (χ1v) is 8.54. The highest BCUT2D eigenvalue weighted by Gasteiger charge is 2.15. The molecule has 0 radical (unpaired) electrons. The van der Waals surface area contributed by atoms with Gasteiger partial charge in [-0.2, -0.15) is 5.10 Å². The fourth-order valence-electron chi connectivity index (χ4n) is 2.65. The largest absolute Gasteiger partial charge is 0.492 e. The highest BCUT2D eigenvalue weighted by molar-refractivity contribution is 8.00. The number of aromatic nitrogens is 5. The molecule has 4 aromatic rings. The Morgan fingerprint density at radius 3 is 2.88 bits per heavy atom. The predicted molar refractivity (Wildman–Crippen MR) is 97.6 cm³/mol. The van der Waals surface area contributed by atoms with Crippen molar-refractivity contribution in [1.29, 1.82) is 0 Å². The van der Waals surface area contributed by atoms with Gasteiger partial charge in [-0.1, -0.05) is 0 Å². The molecule has 0 saturated carbocycles. The molecule has 26 heavy (non-hydrogen) atoms. The SMILES string of the molecule is COc1c(F)cc(-c2cnc3cnccn23)cc1NSc1cnn(C)c1. The minimum atomic E-state index is -0.455. The van der Waals surface area contributed by atoms with Crippen molar-refractivity contribution in [3.8, 4) is 17.0 Å². The number of imidazole rings is 1. The van der Waals surface area contributed by atoms with Crippen LogP contribution in [0.4, 0.5) is 10.1 Å². The molecule has 132 valence electrons. The topological polar surface area (TPSA) is 69.3 Å². The number of rotatable bonds is 5. The van der Waals surface area contributed by atoms with Gasteiger partial charge in [-0.15, -0.1) is 0 Å². The number of benzene rings is 1. The van der Waals surface area contributed by atoms with E-state index >= 15 is 0 Å². The Hall–Kier alpha value is -3.07. The maximum Gasteiger partial charge on any atom is 0.178 e. The van der Waals surface area contributed by atoms with Gasteiger partial charge < -0.3 is 9.46 Å². The first-order chi connectivity index (χ1) is 12.7. The summed E-state index contributed by atoms with van der Waals surface area (Å²) in [6.07, 6.45) is 10.4. The molecule has 0 unspecified atom stereocenters. The number of ether oxygens (including phenoxy) is 1. The minimum absolute atomic E-state index is 0.153. The molecule has 0 amide bonds. The lowest BCUT2D eigenvalue weighted by molar-refractivity contribution is 0.389. The van der Waals surface area contributed by atoms with Crippen LogP contribution in [-0.2, 0) is 7.05 Å². The molecule has 1 N–H and O–H groups in total. The maximum absolute atomic E-state index is 14.6. The van der Waals surface area contributed by atoms with Gasteiger partial charge in [0.05, 0.1) is 42.0 Å². The van der Waals surface area contributed by atoms with Crippen LogP contribution < -0.4 is 9.46 Å². The van der Waals surface area contributed by atoms with Crippen molar-refractivity contribution in [2.45, 2.75) is 4.90 Å². The van der Waals surface area contributed by atoms with Crippen LogP contribution in [0.15, 0.2) is 54.2 Å². The number of nitrogens with one attached hydrogen (secondary N) is 1. The Morgan fingerprint density at radius 2 is 2.12 bits per heavy atom. The molecule has 0 atom stereocenters. The molecular formula is C17H15FN6OS. The number of hydrogen-bond donors (Lipinski definition) is 1. The lowest BCUT2D eigenvalue weighted by Gasteiger charge is -2.13. The summed E-state index contributed by atoms with van der Waals surface area (Å²) in [6, 6.07) is 3.26. The zero-order valence-electron chi connectivity index (χ0n) is 14.0. The lowest BCUT2D eigenvalue weighted by Crippen LogP contribution is -1.97. The summed E-state index contributed by atoms with van der Waals surface area (Å²) in [5.41, 5.74) is 2.66. The number of anilines is 1. The van der Waals surface area contributed by atoms with E-state index in [1.807, 2.05) is 23.7 Å². The van der Waals surface area contributed by atoms with E-state index < -0.39 is 5.82 Å². The van der Waals surface area contributed by atoms with Gasteiger partial charge in [-0.05, 0) is 24.1 Å². The fourth-order valence-corrected chi connectivity index (χ4v) is 3.33. The molecule has 3 heterocycles. The summed E-state index contributed by atoms with van der Waals surface area (Å²) in [7, 11) is 3.28. The van der Waals surface area contributed by atoms with Crippen molar-refractivity contribution in [3.05, 3.63) is 55.1 Å². The highest BCUT2D eigenvalue weighted by atomic mass is 32.2. The number of hydrogen-bond acceptors (Lipinski definition) is 6. The van der Waals surface area contributed by atoms with Crippen molar-refractivity contribution < 1.29 is 9.13 Å². The van der Waals surface area contributed by atoms with Crippen LogP contribution in [0.25, 0.3) is 16.9 Å². The van der Waals surface area contributed by atoms with Crippen molar-refractivity contribution >= 4 is 23.3 Å². The summed E-state index contributed by atoms with van der Waals surface area (Å²) < 4.78 is 26.5. The van der Waals surface area contributed by atoms with E-state index in [-0.39, 0.29) is 5.75 Å². The van der Waals surface area contributed by atoms with Crippen LogP contribution in [0.5, 0.6) is 5.75 Å². The van der Waals surface area contributed by atoms with E-state index in [1.54, 1.807) is 35.7 Å². The zero-order valence-corrected chi connectivity index (χ0v) is 14.9. The van der Waals surface area contributed by atoms with Gasteiger partial charge in [0.2, 0.25) is 0 Å². The van der Waals surface area contributed by atoms with Crippen LogP contribution >= 0.6 is 11.9 Å². The van der Waals surface area contributed by atoms with Gasteiger partial charge in [0.1, 0.15) is 0 Å². The Kier molecular flexibility index (Phi) is 4.21. The van der Waals surface area contributed by atoms with E-state index in [0.29, 0.717) is 16.9 Å². The maximum atomic E-state index is 14.6. The molecule has 0 aliphatic heterocycles. The standard InChI is InChI=1S/C17H15FN6OS/c1-23-10-12(7-21-23)26-22-14-6-11(5-13(18)17(14)25-2)15-8-20-16-9-19-3-4-24(15)16/h3-10,22H,1-2H3. The summed E-state index contributed by atoms with van der Waals surface area (Å²) in [4.78, 5) is 9.25. The van der Waals surface area contributed by atoms with E-state index in [2.05, 4.69) is 19.8 Å². The fraction of sp³-hybridized carbons (Fsp3) is 0.118. The number of nitrogens with zero attached hydrogens (tertiary/aromatic N) is 5. The Bertz CT molecular complexity index is 1080. The third-order valence-electron chi connectivity index (χ3n) is 3.82. The second-order valence-corrected chi connectivity index (χ2v) is 6.42. The quantitative estimate of drug-likeness (QED) is 0.543. The van der Waals surface area contributed by atoms with Crippen LogP contribution in [0, 0.1) is 5.82 Å². The van der Waals surface area contributed by atoms with Crippen LogP contribution in [0.2, 0.25) is 0 Å². The second-order valence-electron chi connectivity index (χ2n) is 5.54. The molecule has 0 aliphatic rings. The summed E-state index contributed by atoms with van der Waals surface area (Å²) >= 11 is 1.33. The van der Waals surface area contributed by atoms with E-state index in [9.17, 15) is 4.39 Å². The first kappa shape index (κ1) is 16.4. The molecule has 9 heteroatoms. The number of fused-ring (bicyclic) bond motifs is 1. The Labute approximate surface area is 153 Å². The van der Waals surface area contributed by atoms with Crippen molar-refractivity contribution in [1.82, 2.24) is 24.1 Å². The van der Waals surface area contributed by atoms with Crippen molar-refractivity contribution in [3.63, 3.8) is 0 Å². The smallest absolute Gasteiger partial charge is 0.178 e. The predicted octanol–water partition coefficient (Wildman–Crippen LogP) is 3.40. The molecular weight excluding hydrogens is 355 g/mol. The molecule has 3 aromatic heterocycles. The average molecular weight is 370 g/mol. The van der Waals surface area contributed by atoms with Gasteiger partial charge >= 0.3 is 0 Å². The van der Waals surface area contributed by atoms with Crippen LogP contribution in [0.3, 0.4) is 0 Å². The van der Waals surface area contributed by atoms with E-state index in [4.69, 9.17) is 4.74 Å². The summed E-state index contributed by atoms with van der Waals surface area (Å²) in [5.74, 6) is -0.302. The molecule has 1 aromatic carbocycles. The first-order valence-electron chi connectivity index (χ1n) is 7.72. The Balaban J connectivity index is 1.73. The Morgan fingerprint density at radius 1 is 1.23 bits per heavy atom. The summed E-state index contributed by atoms with van der Waals surface area (Å²) in [6.45, 7) is 0.